The number of carboxylic acids is 1. The van der Waals surface area contributed by atoms with Crippen LogP contribution in [-0.2, 0) is 9.59 Å². The summed E-state index contributed by atoms with van der Waals surface area (Å²) in [4.78, 5) is 33.2. The van der Waals surface area contributed by atoms with Crippen LogP contribution < -0.4 is 16.4 Å². The first-order valence-corrected chi connectivity index (χ1v) is 6.48. The molecule has 0 radical (unpaired) electrons. The van der Waals surface area contributed by atoms with Gasteiger partial charge in [-0.15, -0.1) is 0 Å². The Balaban J connectivity index is 2.43. The molecule has 5 N–H and O–H groups in total. The number of primary amides is 1. The third-order valence-electron chi connectivity index (χ3n) is 3.47. The molecule has 108 valence electrons. The summed E-state index contributed by atoms with van der Waals surface area (Å²) >= 11 is 0. The molecule has 1 aliphatic carbocycles. The molecule has 1 fully saturated rings. The number of nitrogens with two attached hydrogens (primary N) is 1. The summed E-state index contributed by atoms with van der Waals surface area (Å²) in [5, 5.41) is 13.8. The van der Waals surface area contributed by atoms with E-state index in [9.17, 15) is 14.4 Å². The summed E-state index contributed by atoms with van der Waals surface area (Å²) in [6, 6.07) is -1.87. The summed E-state index contributed by atoms with van der Waals surface area (Å²) in [6.07, 6.45) is 4.06. The van der Waals surface area contributed by atoms with E-state index in [1.807, 2.05) is 6.92 Å². The van der Waals surface area contributed by atoms with Crippen molar-refractivity contribution in [3.63, 3.8) is 0 Å². The van der Waals surface area contributed by atoms with Crippen molar-refractivity contribution < 1.29 is 19.5 Å². The molecule has 0 bridgehead atoms. The van der Waals surface area contributed by atoms with Gasteiger partial charge >= 0.3 is 12.0 Å². The van der Waals surface area contributed by atoms with E-state index < -0.39 is 30.4 Å². The molecule has 0 saturated heterocycles. The first kappa shape index (κ1) is 15.3. The molecule has 19 heavy (non-hydrogen) atoms. The minimum absolute atomic E-state index is 0.00878. The zero-order chi connectivity index (χ0) is 14.4. The van der Waals surface area contributed by atoms with Gasteiger partial charge in [0.2, 0.25) is 5.91 Å². The largest absolute Gasteiger partial charge is 0.480 e. The van der Waals surface area contributed by atoms with Gasteiger partial charge in [0.1, 0.15) is 6.04 Å². The van der Waals surface area contributed by atoms with Gasteiger partial charge in [0.25, 0.3) is 0 Å². The molecule has 1 rings (SSSR count). The van der Waals surface area contributed by atoms with Gasteiger partial charge in [0, 0.05) is 6.04 Å². The molecule has 2 unspecified atom stereocenters. The normalized spacial score (nSPS) is 18.6. The van der Waals surface area contributed by atoms with Crippen molar-refractivity contribution in [3.05, 3.63) is 0 Å². The number of carbonyl (C=O) groups is 3. The minimum Gasteiger partial charge on any atom is -0.480 e. The Morgan fingerprint density at radius 3 is 2.32 bits per heavy atom. The van der Waals surface area contributed by atoms with Crippen LogP contribution in [0.2, 0.25) is 0 Å². The van der Waals surface area contributed by atoms with Gasteiger partial charge in [0.15, 0.2) is 0 Å². The molecule has 0 aromatic rings. The van der Waals surface area contributed by atoms with Gasteiger partial charge in [-0.2, -0.15) is 0 Å². The van der Waals surface area contributed by atoms with E-state index in [0.29, 0.717) is 5.92 Å². The topological polar surface area (TPSA) is 122 Å². The van der Waals surface area contributed by atoms with Gasteiger partial charge in [-0.3, -0.25) is 4.79 Å². The molecule has 0 aromatic heterocycles. The number of hydrogen-bond acceptors (Lipinski definition) is 3. The van der Waals surface area contributed by atoms with E-state index >= 15 is 0 Å². The lowest BCUT2D eigenvalue weighted by Gasteiger charge is -2.22. The van der Waals surface area contributed by atoms with Gasteiger partial charge < -0.3 is 21.5 Å². The van der Waals surface area contributed by atoms with E-state index in [4.69, 9.17) is 10.8 Å². The van der Waals surface area contributed by atoms with Crippen LogP contribution >= 0.6 is 0 Å². The first-order valence-electron chi connectivity index (χ1n) is 6.48. The molecular weight excluding hydrogens is 250 g/mol. The van der Waals surface area contributed by atoms with E-state index in [2.05, 4.69) is 10.6 Å². The van der Waals surface area contributed by atoms with Crippen LogP contribution in [0.5, 0.6) is 0 Å². The Bertz CT molecular complexity index is 353. The molecule has 3 amide bonds. The smallest absolute Gasteiger partial charge is 0.326 e. The third kappa shape index (κ3) is 5.15. The number of carboxylic acid groups (broad SMARTS) is 1. The van der Waals surface area contributed by atoms with Crippen molar-refractivity contribution in [2.24, 2.45) is 11.7 Å². The quantitative estimate of drug-likeness (QED) is 0.551. The molecular formula is C12H21N3O4. The van der Waals surface area contributed by atoms with Crippen molar-refractivity contribution in [1.82, 2.24) is 10.6 Å². The van der Waals surface area contributed by atoms with E-state index in [1.54, 1.807) is 0 Å². The number of hydrogen-bond donors (Lipinski definition) is 4. The lowest BCUT2D eigenvalue weighted by Crippen LogP contribution is -2.50. The molecule has 0 heterocycles. The summed E-state index contributed by atoms with van der Waals surface area (Å²) in [5.74, 6) is -1.61. The number of urea groups is 1. The van der Waals surface area contributed by atoms with Crippen molar-refractivity contribution in [1.29, 1.82) is 0 Å². The van der Waals surface area contributed by atoms with Crippen LogP contribution in [0.3, 0.4) is 0 Å². The van der Waals surface area contributed by atoms with Crippen molar-refractivity contribution >= 4 is 17.9 Å². The van der Waals surface area contributed by atoms with Crippen LogP contribution in [0.4, 0.5) is 4.79 Å². The Labute approximate surface area is 111 Å². The number of carbonyl (C=O) groups excluding carboxylic acids is 2. The Morgan fingerprint density at radius 2 is 1.84 bits per heavy atom. The summed E-state index contributed by atoms with van der Waals surface area (Å²) < 4.78 is 0. The van der Waals surface area contributed by atoms with Gasteiger partial charge in [-0.25, -0.2) is 9.59 Å². The maximum Gasteiger partial charge on any atom is 0.326 e. The zero-order valence-corrected chi connectivity index (χ0v) is 11.0. The van der Waals surface area contributed by atoms with Crippen molar-refractivity contribution in [2.75, 3.05) is 0 Å². The van der Waals surface area contributed by atoms with Gasteiger partial charge in [-0.1, -0.05) is 12.8 Å². The lowest BCUT2D eigenvalue weighted by molar-refractivity contribution is -0.140. The average molecular weight is 271 g/mol. The molecule has 7 nitrogen and oxygen atoms in total. The molecule has 0 aromatic carbocycles. The fourth-order valence-electron chi connectivity index (χ4n) is 2.38. The molecule has 7 heteroatoms. The highest BCUT2D eigenvalue weighted by Crippen LogP contribution is 2.27. The average Bonchev–Trinajstić information content (AvgIpc) is 2.80. The SMILES string of the molecule is CC(NC(=O)NC(CC(N)=O)C(=O)O)C1CCCC1. The Morgan fingerprint density at radius 1 is 1.26 bits per heavy atom. The Hall–Kier alpha value is -1.79. The molecule has 1 aliphatic rings. The number of amides is 3. The van der Waals surface area contributed by atoms with Crippen LogP contribution in [0.1, 0.15) is 39.0 Å². The van der Waals surface area contributed by atoms with Crippen LogP contribution in [-0.4, -0.2) is 35.1 Å². The predicted octanol–water partition coefficient (Wildman–Crippen LogP) is 0.193. The predicted molar refractivity (Wildman–Crippen MR) is 68.3 cm³/mol. The maximum absolute atomic E-state index is 11.7. The molecule has 1 saturated carbocycles. The summed E-state index contributed by atoms with van der Waals surface area (Å²) in [6.45, 7) is 1.90. The highest BCUT2D eigenvalue weighted by Gasteiger charge is 2.26. The number of nitrogens with one attached hydrogen (secondary N) is 2. The van der Waals surface area contributed by atoms with Crippen molar-refractivity contribution in [3.8, 4) is 0 Å². The zero-order valence-electron chi connectivity index (χ0n) is 11.0. The summed E-state index contributed by atoms with van der Waals surface area (Å²) in [7, 11) is 0. The number of rotatable bonds is 6. The van der Waals surface area contributed by atoms with Crippen molar-refractivity contribution in [2.45, 2.75) is 51.1 Å². The second-order valence-corrected chi connectivity index (χ2v) is 5.01. The highest BCUT2D eigenvalue weighted by molar-refractivity contribution is 5.87. The molecule has 2 atom stereocenters. The maximum atomic E-state index is 11.7. The van der Waals surface area contributed by atoms with E-state index in [0.717, 1.165) is 25.7 Å². The monoisotopic (exact) mass is 271 g/mol. The third-order valence-corrected chi connectivity index (χ3v) is 3.47. The van der Waals surface area contributed by atoms with Gasteiger partial charge in [-0.05, 0) is 25.7 Å². The number of aliphatic carboxylic acids is 1. The standard InChI is InChI=1S/C12H21N3O4/c1-7(8-4-2-3-5-8)14-12(19)15-9(11(17)18)6-10(13)16/h7-9H,2-6H2,1H3,(H2,13,16)(H,17,18)(H2,14,15,19). The summed E-state index contributed by atoms with van der Waals surface area (Å²) in [5.41, 5.74) is 4.93. The van der Waals surface area contributed by atoms with E-state index in [1.165, 1.54) is 0 Å². The van der Waals surface area contributed by atoms with Crippen LogP contribution in [0, 0.1) is 5.92 Å². The second kappa shape index (κ2) is 6.96. The fraction of sp³-hybridized carbons (Fsp3) is 0.750. The fourth-order valence-corrected chi connectivity index (χ4v) is 2.38. The lowest BCUT2D eigenvalue weighted by atomic mass is 10.0. The van der Waals surface area contributed by atoms with Gasteiger partial charge in [0.05, 0.1) is 6.42 Å². The van der Waals surface area contributed by atoms with Crippen LogP contribution in [0.25, 0.3) is 0 Å². The first-order chi connectivity index (χ1) is 8.90. The molecule has 0 aliphatic heterocycles. The Kier molecular flexibility index (Phi) is 5.59. The molecule has 0 spiro atoms. The second-order valence-electron chi connectivity index (χ2n) is 5.01. The van der Waals surface area contributed by atoms with Crippen LogP contribution in [0.15, 0.2) is 0 Å². The minimum atomic E-state index is -1.28. The highest BCUT2D eigenvalue weighted by atomic mass is 16.4. The van der Waals surface area contributed by atoms with E-state index in [-0.39, 0.29) is 6.04 Å².